The zero-order chi connectivity index (χ0) is 11.8. The van der Waals surface area contributed by atoms with E-state index in [1.165, 1.54) is 0 Å². The van der Waals surface area contributed by atoms with Crippen molar-refractivity contribution in [1.29, 1.82) is 0 Å². The fraction of sp³-hybridized carbons (Fsp3) is 0.0769. The molecule has 3 rings (SSSR count). The SMILES string of the molecule is Clc1c[c]c(Cl)c(-c2ccc3c(c2)OCO3)c1. The molecule has 0 fully saturated rings. The molecule has 1 aliphatic heterocycles. The highest BCUT2D eigenvalue weighted by Gasteiger charge is 2.15. The molecular formula is C13H7Cl2O2. The second-order valence-corrected chi connectivity index (χ2v) is 4.43. The molecule has 0 amide bonds. The Morgan fingerprint density at radius 3 is 2.76 bits per heavy atom. The van der Waals surface area contributed by atoms with E-state index in [4.69, 9.17) is 32.7 Å². The Balaban J connectivity index is 2.12. The minimum Gasteiger partial charge on any atom is -0.454 e. The molecule has 0 bridgehead atoms. The van der Waals surface area contributed by atoms with Crippen molar-refractivity contribution in [2.24, 2.45) is 0 Å². The van der Waals surface area contributed by atoms with Crippen LogP contribution in [-0.2, 0) is 0 Å². The second-order valence-electron chi connectivity index (χ2n) is 3.61. The molecule has 17 heavy (non-hydrogen) atoms. The highest BCUT2D eigenvalue weighted by Crippen LogP contribution is 2.38. The molecule has 85 valence electrons. The van der Waals surface area contributed by atoms with Crippen molar-refractivity contribution in [3.05, 3.63) is 46.4 Å². The summed E-state index contributed by atoms with van der Waals surface area (Å²) in [5.74, 6) is 1.47. The maximum Gasteiger partial charge on any atom is 0.231 e. The van der Waals surface area contributed by atoms with E-state index in [9.17, 15) is 0 Å². The fourth-order valence-corrected chi connectivity index (χ4v) is 2.11. The lowest BCUT2D eigenvalue weighted by Crippen LogP contribution is -1.92. The Bertz CT molecular complexity index is 582. The van der Waals surface area contributed by atoms with E-state index in [-0.39, 0.29) is 6.79 Å². The largest absolute Gasteiger partial charge is 0.454 e. The van der Waals surface area contributed by atoms with Crippen LogP contribution in [0.5, 0.6) is 11.5 Å². The molecule has 0 N–H and O–H groups in total. The molecule has 0 atom stereocenters. The van der Waals surface area contributed by atoms with Gasteiger partial charge in [-0.15, -0.1) is 0 Å². The number of rotatable bonds is 1. The predicted octanol–water partition coefficient (Wildman–Crippen LogP) is 4.19. The van der Waals surface area contributed by atoms with Crippen LogP contribution in [0.15, 0.2) is 30.3 Å². The number of fused-ring (bicyclic) bond motifs is 1. The first-order valence-corrected chi connectivity index (χ1v) is 5.76. The van der Waals surface area contributed by atoms with Gasteiger partial charge in [-0.2, -0.15) is 0 Å². The number of halogens is 2. The van der Waals surface area contributed by atoms with Crippen LogP contribution >= 0.6 is 23.2 Å². The van der Waals surface area contributed by atoms with E-state index >= 15 is 0 Å². The van der Waals surface area contributed by atoms with Crippen molar-refractivity contribution in [2.45, 2.75) is 0 Å². The first kappa shape index (κ1) is 10.8. The molecule has 2 nitrogen and oxygen atoms in total. The van der Waals surface area contributed by atoms with Crippen molar-refractivity contribution in [1.82, 2.24) is 0 Å². The molecule has 0 aliphatic carbocycles. The van der Waals surface area contributed by atoms with Gasteiger partial charge in [0.25, 0.3) is 0 Å². The van der Waals surface area contributed by atoms with Crippen molar-refractivity contribution < 1.29 is 9.47 Å². The van der Waals surface area contributed by atoms with Crippen LogP contribution < -0.4 is 9.47 Å². The number of hydrogen-bond donors (Lipinski definition) is 0. The Labute approximate surface area is 109 Å². The first-order chi connectivity index (χ1) is 8.24. The molecule has 1 aliphatic rings. The van der Waals surface area contributed by atoms with Gasteiger partial charge in [-0.05, 0) is 29.8 Å². The summed E-state index contributed by atoms with van der Waals surface area (Å²) in [6, 6.07) is 12.0. The summed E-state index contributed by atoms with van der Waals surface area (Å²) in [6.45, 7) is 0.258. The maximum atomic E-state index is 6.10. The summed E-state index contributed by atoms with van der Waals surface area (Å²) in [4.78, 5) is 0. The van der Waals surface area contributed by atoms with E-state index in [0.29, 0.717) is 10.0 Å². The summed E-state index contributed by atoms with van der Waals surface area (Å²) in [6.07, 6.45) is 0. The topological polar surface area (TPSA) is 18.5 Å². The molecule has 0 saturated carbocycles. The van der Waals surface area contributed by atoms with Crippen LogP contribution in [-0.4, -0.2) is 6.79 Å². The Kier molecular flexibility index (Phi) is 2.61. The summed E-state index contributed by atoms with van der Waals surface area (Å²) in [7, 11) is 0. The smallest absolute Gasteiger partial charge is 0.231 e. The summed E-state index contributed by atoms with van der Waals surface area (Å²) >= 11 is 12.0. The standard InChI is InChI=1S/C13H7Cl2O2/c14-9-2-3-11(15)10(6-9)8-1-4-12-13(5-8)17-7-16-12/h1-2,4-6H,7H2. The number of hydrogen-bond acceptors (Lipinski definition) is 2. The highest BCUT2D eigenvalue weighted by molar-refractivity contribution is 6.35. The molecule has 0 aromatic heterocycles. The zero-order valence-corrected chi connectivity index (χ0v) is 10.2. The third-order valence-corrected chi connectivity index (χ3v) is 3.07. The van der Waals surface area contributed by atoms with E-state index in [1.54, 1.807) is 12.1 Å². The maximum absolute atomic E-state index is 6.10. The van der Waals surface area contributed by atoms with Gasteiger partial charge in [0, 0.05) is 16.7 Å². The normalized spacial score (nSPS) is 12.8. The minimum atomic E-state index is 0.258. The summed E-state index contributed by atoms with van der Waals surface area (Å²) < 4.78 is 10.6. The van der Waals surface area contributed by atoms with E-state index in [2.05, 4.69) is 6.07 Å². The van der Waals surface area contributed by atoms with Crippen molar-refractivity contribution in [3.8, 4) is 22.6 Å². The number of benzene rings is 2. The van der Waals surface area contributed by atoms with Crippen LogP contribution in [0.25, 0.3) is 11.1 Å². The lowest BCUT2D eigenvalue weighted by Gasteiger charge is -2.06. The van der Waals surface area contributed by atoms with Gasteiger partial charge in [-0.1, -0.05) is 29.3 Å². The minimum absolute atomic E-state index is 0.258. The first-order valence-electron chi connectivity index (χ1n) is 5.01. The lowest BCUT2D eigenvalue weighted by atomic mass is 10.1. The van der Waals surface area contributed by atoms with Crippen molar-refractivity contribution >= 4 is 23.2 Å². The number of ether oxygens (including phenoxy) is 2. The van der Waals surface area contributed by atoms with Gasteiger partial charge in [-0.3, -0.25) is 0 Å². The summed E-state index contributed by atoms with van der Waals surface area (Å²) in [5.41, 5.74) is 1.76. The average molecular weight is 266 g/mol. The van der Waals surface area contributed by atoms with Gasteiger partial charge in [0.15, 0.2) is 11.5 Å². The Hall–Kier alpha value is -1.38. The molecule has 2 aromatic rings. The van der Waals surface area contributed by atoms with Gasteiger partial charge in [-0.25, -0.2) is 0 Å². The van der Waals surface area contributed by atoms with E-state index < -0.39 is 0 Å². The van der Waals surface area contributed by atoms with E-state index in [1.807, 2.05) is 18.2 Å². The second kappa shape index (κ2) is 4.13. The predicted molar refractivity (Wildman–Crippen MR) is 66.9 cm³/mol. The van der Waals surface area contributed by atoms with Gasteiger partial charge >= 0.3 is 0 Å². The average Bonchev–Trinajstić information content (AvgIpc) is 2.79. The molecule has 0 saturated heterocycles. The summed E-state index contributed by atoms with van der Waals surface area (Å²) in [5, 5.41) is 1.13. The quantitative estimate of drug-likeness (QED) is 0.770. The van der Waals surface area contributed by atoms with Crippen molar-refractivity contribution in [3.63, 3.8) is 0 Å². The van der Waals surface area contributed by atoms with Gasteiger partial charge in [0.2, 0.25) is 6.79 Å². The Morgan fingerprint density at radius 2 is 1.88 bits per heavy atom. The van der Waals surface area contributed by atoms with Crippen LogP contribution in [0.2, 0.25) is 10.0 Å². The van der Waals surface area contributed by atoms with Gasteiger partial charge < -0.3 is 9.47 Å². The van der Waals surface area contributed by atoms with Crippen LogP contribution in [0.4, 0.5) is 0 Å². The molecule has 0 spiro atoms. The van der Waals surface area contributed by atoms with Gasteiger partial charge in [0.1, 0.15) is 0 Å². The lowest BCUT2D eigenvalue weighted by molar-refractivity contribution is 0.174. The fourth-order valence-electron chi connectivity index (χ4n) is 1.73. The van der Waals surface area contributed by atoms with Crippen LogP contribution in [0.3, 0.4) is 0 Å². The van der Waals surface area contributed by atoms with Crippen molar-refractivity contribution in [2.75, 3.05) is 6.79 Å². The zero-order valence-electron chi connectivity index (χ0n) is 8.67. The van der Waals surface area contributed by atoms with E-state index in [0.717, 1.165) is 22.6 Å². The molecule has 0 unspecified atom stereocenters. The molecular weight excluding hydrogens is 259 g/mol. The molecule has 1 heterocycles. The molecule has 1 radical (unpaired) electrons. The third kappa shape index (κ3) is 1.94. The Morgan fingerprint density at radius 1 is 1.06 bits per heavy atom. The van der Waals surface area contributed by atoms with Crippen LogP contribution in [0.1, 0.15) is 0 Å². The van der Waals surface area contributed by atoms with Crippen LogP contribution in [0, 0.1) is 6.07 Å². The third-order valence-electron chi connectivity index (χ3n) is 2.54. The molecule has 4 heteroatoms. The monoisotopic (exact) mass is 265 g/mol. The molecule has 2 aromatic carbocycles. The van der Waals surface area contributed by atoms with Gasteiger partial charge in [0.05, 0.1) is 5.02 Å². The highest BCUT2D eigenvalue weighted by atomic mass is 35.5.